The second-order valence-corrected chi connectivity index (χ2v) is 3.75. The summed E-state index contributed by atoms with van der Waals surface area (Å²) < 4.78 is 16.3. The molecule has 0 bridgehead atoms. The molecular weight excluding hydrogens is 231 g/mol. The molecule has 0 unspecified atom stereocenters. The first kappa shape index (κ1) is 10.5. The number of rotatable bonds is 2. The number of carbonyl (C=O) groups excluding carboxylic acids is 1. The molecule has 1 aromatic carbocycles. The Morgan fingerprint density at radius 3 is 2.94 bits per heavy atom. The summed E-state index contributed by atoms with van der Waals surface area (Å²) in [6, 6.07) is 3.60. The van der Waals surface area contributed by atoms with Crippen molar-refractivity contribution < 1.29 is 9.18 Å². The van der Waals surface area contributed by atoms with Gasteiger partial charge in [0, 0.05) is 17.2 Å². The predicted molar refractivity (Wildman–Crippen MR) is 58.7 cm³/mol. The zero-order chi connectivity index (χ0) is 11.5. The average Bonchev–Trinajstić information content (AvgIpc) is 2.70. The number of nitrogens with two attached hydrogens (primary N) is 1. The largest absolute Gasteiger partial charge is 0.398 e. The molecule has 1 amide bonds. The molecule has 0 atom stereocenters. The number of aromatic nitrogens is 2. The fourth-order valence-electron chi connectivity index (χ4n) is 1.14. The van der Waals surface area contributed by atoms with E-state index in [1.807, 2.05) is 0 Å². The van der Waals surface area contributed by atoms with E-state index in [9.17, 15) is 9.18 Å². The number of halogens is 1. The topological polar surface area (TPSA) is 80.9 Å². The Hall–Kier alpha value is -2.02. The van der Waals surface area contributed by atoms with E-state index in [2.05, 4.69) is 14.9 Å². The highest BCUT2D eigenvalue weighted by atomic mass is 32.1. The molecule has 3 N–H and O–H groups in total. The van der Waals surface area contributed by atoms with Crippen molar-refractivity contribution in [3.8, 4) is 0 Å². The third kappa shape index (κ3) is 2.14. The van der Waals surface area contributed by atoms with Crippen molar-refractivity contribution in [1.82, 2.24) is 9.59 Å². The Labute approximate surface area is 94.3 Å². The number of nitrogen functional groups attached to an aromatic ring is 1. The summed E-state index contributed by atoms with van der Waals surface area (Å²) in [4.78, 5) is 11.7. The van der Waals surface area contributed by atoms with Gasteiger partial charge in [-0.05, 0) is 18.2 Å². The van der Waals surface area contributed by atoms with Gasteiger partial charge in [0.25, 0.3) is 5.91 Å². The van der Waals surface area contributed by atoms with Crippen molar-refractivity contribution in [2.24, 2.45) is 0 Å². The van der Waals surface area contributed by atoms with Crippen molar-refractivity contribution >= 4 is 28.1 Å². The number of hydrogen-bond donors (Lipinski definition) is 2. The van der Waals surface area contributed by atoms with Crippen LogP contribution in [0.1, 0.15) is 10.4 Å². The van der Waals surface area contributed by atoms with Crippen LogP contribution in [0.4, 0.5) is 15.1 Å². The molecule has 7 heteroatoms. The van der Waals surface area contributed by atoms with E-state index in [1.54, 1.807) is 0 Å². The van der Waals surface area contributed by atoms with Crippen LogP contribution in [-0.2, 0) is 0 Å². The van der Waals surface area contributed by atoms with Gasteiger partial charge in [0.05, 0.1) is 11.8 Å². The fraction of sp³-hybridized carbons (Fsp3) is 0. The first-order valence-electron chi connectivity index (χ1n) is 4.30. The minimum absolute atomic E-state index is 0.0926. The molecule has 82 valence electrons. The van der Waals surface area contributed by atoms with Gasteiger partial charge in [0.1, 0.15) is 10.8 Å². The summed E-state index contributed by atoms with van der Waals surface area (Å²) in [5.41, 5.74) is 5.83. The lowest BCUT2D eigenvalue weighted by Crippen LogP contribution is -2.13. The zero-order valence-electron chi connectivity index (χ0n) is 7.98. The minimum atomic E-state index is -0.478. The highest BCUT2D eigenvalue weighted by molar-refractivity contribution is 7.10. The van der Waals surface area contributed by atoms with Crippen LogP contribution in [-0.4, -0.2) is 15.5 Å². The molecule has 0 saturated heterocycles. The van der Waals surface area contributed by atoms with Crippen LogP contribution in [0.15, 0.2) is 24.4 Å². The van der Waals surface area contributed by atoms with Gasteiger partial charge < -0.3 is 11.1 Å². The zero-order valence-corrected chi connectivity index (χ0v) is 8.79. The highest BCUT2D eigenvalue weighted by Gasteiger charge is 2.11. The monoisotopic (exact) mass is 238 g/mol. The van der Waals surface area contributed by atoms with Crippen molar-refractivity contribution in [2.75, 3.05) is 11.1 Å². The van der Waals surface area contributed by atoms with E-state index in [4.69, 9.17) is 5.73 Å². The quantitative estimate of drug-likeness (QED) is 0.777. The second-order valence-electron chi connectivity index (χ2n) is 2.97. The predicted octanol–water partition coefficient (Wildman–Crippen LogP) is 1.51. The van der Waals surface area contributed by atoms with Gasteiger partial charge in [0.2, 0.25) is 0 Å². The smallest absolute Gasteiger partial charge is 0.258 e. The Morgan fingerprint density at radius 1 is 1.50 bits per heavy atom. The first-order chi connectivity index (χ1) is 7.66. The van der Waals surface area contributed by atoms with E-state index in [1.165, 1.54) is 18.3 Å². The average molecular weight is 238 g/mol. The number of amides is 1. The molecule has 0 aliphatic heterocycles. The lowest BCUT2D eigenvalue weighted by Gasteiger charge is -2.04. The number of benzene rings is 1. The van der Waals surface area contributed by atoms with Gasteiger partial charge in [0.15, 0.2) is 0 Å². The van der Waals surface area contributed by atoms with E-state index in [-0.39, 0.29) is 11.3 Å². The number of hydrogen-bond acceptors (Lipinski definition) is 5. The number of anilines is 2. The summed E-state index contributed by atoms with van der Waals surface area (Å²) in [7, 11) is 0. The van der Waals surface area contributed by atoms with Crippen LogP contribution in [0.2, 0.25) is 0 Å². The van der Waals surface area contributed by atoms with Crippen molar-refractivity contribution in [3.63, 3.8) is 0 Å². The summed E-state index contributed by atoms with van der Waals surface area (Å²) in [6.07, 6.45) is 1.42. The molecule has 5 nitrogen and oxygen atoms in total. The van der Waals surface area contributed by atoms with Crippen molar-refractivity contribution in [1.29, 1.82) is 0 Å². The van der Waals surface area contributed by atoms with Crippen molar-refractivity contribution in [2.45, 2.75) is 0 Å². The fourth-order valence-corrected chi connectivity index (χ4v) is 1.56. The second kappa shape index (κ2) is 4.23. The Morgan fingerprint density at radius 2 is 2.31 bits per heavy atom. The Balaban J connectivity index is 2.21. The molecule has 16 heavy (non-hydrogen) atoms. The number of nitrogens with zero attached hydrogens (tertiary/aromatic N) is 2. The van der Waals surface area contributed by atoms with Crippen LogP contribution in [0.5, 0.6) is 0 Å². The lowest BCUT2D eigenvalue weighted by atomic mass is 10.1. The molecule has 2 aromatic rings. The molecule has 0 aliphatic rings. The normalized spacial score (nSPS) is 10.1. The van der Waals surface area contributed by atoms with E-state index in [0.29, 0.717) is 5.00 Å². The van der Waals surface area contributed by atoms with E-state index >= 15 is 0 Å². The molecule has 2 rings (SSSR count). The number of nitrogens with one attached hydrogen (secondary N) is 1. The van der Waals surface area contributed by atoms with Crippen LogP contribution in [0, 0.1) is 5.82 Å². The summed E-state index contributed by atoms with van der Waals surface area (Å²) in [5.74, 6) is -0.892. The lowest BCUT2D eigenvalue weighted by molar-refractivity contribution is 0.102. The summed E-state index contributed by atoms with van der Waals surface area (Å²) in [6.45, 7) is 0. The highest BCUT2D eigenvalue weighted by Crippen LogP contribution is 2.16. The molecule has 1 aromatic heterocycles. The van der Waals surface area contributed by atoms with Gasteiger partial charge in [-0.3, -0.25) is 4.79 Å². The van der Waals surface area contributed by atoms with Gasteiger partial charge >= 0.3 is 0 Å². The SMILES string of the molecule is Nc1cc(F)ccc1C(=O)Nc1cnns1. The van der Waals surface area contributed by atoms with Gasteiger partial charge in [-0.25, -0.2) is 4.39 Å². The third-order valence-electron chi connectivity index (χ3n) is 1.86. The molecule has 1 heterocycles. The van der Waals surface area contributed by atoms with Crippen LogP contribution >= 0.6 is 11.5 Å². The van der Waals surface area contributed by atoms with Gasteiger partial charge in [-0.1, -0.05) is 4.49 Å². The molecule has 0 radical (unpaired) electrons. The maximum atomic E-state index is 12.8. The summed E-state index contributed by atoms with van der Waals surface area (Å²) >= 11 is 1.05. The molecule has 0 aliphatic carbocycles. The molecular formula is C9H7FN4OS. The molecule has 0 saturated carbocycles. The molecule has 0 spiro atoms. The summed E-state index contributed by atoms with van der Waals surface area (Å²) in [5, 5.41) is 6.63. The van der Waals surface area contributed by atoms with E-state index in [0.717, 1.165) is 17.6 Å². The number of carbonyl (C=O) groups is 1. The van der Waals surface area contributed by atoms with Crippen LogP contribution < -0.4 is 11.1 Å². The minimum Gasteiger partial charge on any atom is -0.398 e. The Kier molecular flexibility index (Phi) is 2.78. The van der Waals surface area contributed by atoms with E-state index < -0.39 is 11.7 Å². The van der Waals surface area contributed by atoms with Gasteiger partial charge in [-0.15, -0.1) is 5.10 Å². The maximum Gasteiger partial charge on any atom is 0.258 e. The third-order valence-corrected chi connectivity index (χ3v) is 2.44. The first-order valence-corrected chi connectivity index (χ1v) is 5.08. The van der Waals surface area contributed by atoms with Gasteiger partial charge in [-0.2, -0.15) is 0 Å². The van der Waals surface area contributed by atoms with Crippen molar-refractivity contribution in [3.05, 3.63) is 35.8 Å². The standard InChI is InChI=1S/C9H7FN4OS/c10-5-1-2-6(7(11)3-5)9(15)13-8-4-12-14-16-8/h1-4H,11H2,(H,13,15). The maximum absolute atomic E-state index is 12.8. The van der Waals surface area contributed by atoms with Crippen LogP contribution in [0.3, 0.4) is 0 Å². The van der Waals surface area contributed by atoms with Crippen LogP contribution in [0.25, 0.3) is 0 Å². The Bertz CT molecular complexity index is 514. The molecule has 0 fully saturated rings.